The summed E-state index contributed by atoms with van der Waals surface area (Å²) in [6.45, 7) is 7.03. The molecular weight excluding hydrogens is 1170 g/mol. The van der Waals surface area contributed by atoms with Crippen LogP contribution < -0.4 is 26.4 Å². The van der Waals surface area contributed by atoms with E-state index in [0.717, 1.165) is 36.5 Å². The summed E-state index contributed by atoms with van der Waals surface area (Å²) in [5.74, 6) is 3.45. The molecule has 0 aliphatic carbocycles. The Labute approximate surface area is 457 Å². The molecule has 3 aromatic heterocycles. The van der Waals surface area contributed by atoms with Crippen LogP contribution in [0.5, 0.6) is 0 Å². The van der Waals surface area contributed by atoms with Crippen molar-refractivity contribution in [3.63, 3.8) is 0 Å². The second-order valence-corrected chi connectivity index (χ2v) is 20.0. The normalized spacial score (nSPS) is 12.3. The molecule has 0 fully saturated rings. The topological polar surface area (TPSA) is 310 Å². The molecule has 0 radical (unpaired) electrons. The zero-order valence-electron chi connectivity index (χ0n) is 41.3. The summed E-state index contributed by atoms with van der Waals surface area (Å²) in [6, 6.07) is 5.91. The number of esters is 2. The molecule has 1 amide bonds. The van der Waals surface area contributed by atoms with Gasteiger partial charge in [-0.3, -0.25) is 29.3 Å². The van der Waals surface area contributed by atoms with Gasteiger partial charge in [-0.15, -0.1) is 10.2 Å². The van der Waals surface area contributed by atoms with E-state index in [2.05, 4.69) is 43.8 Å². The number of hydrogen-bond acceptors (Lipinski definition) is 18. The largest absolute Gasteiger partial charge is 0.466 e. The lowest BCUT2D eigenvalue weighted by molar-refractivity contribution is -0.252. The molecule has 0 saturated heterocycles. The number of carbonyl (C=O) groups excluding carboxylic acids is 3. The van der Waals surface area contributed by atoms with Gasteiger partial charge in [0.25, 0.3) is 32.4 Å². The molecule has 426 valence electrons. The van der Waals surface area contributed by atoms with E-state index in [4.69, 9.17) is 62.7 Å². The van der Waals surface area contributed by atoms with Gasteiger partial charge >= 0.3 is 24.3 Å². The van der Waals surface area contributed by atoms with Crippen LogP contribution >= 0.6 is 46.4 Å². The zero-order chi connectivity index (χ0) is 58.6. The molecule has 5 aromatic rings. The van der Waals surface area contributed by atoms with E-state index in [1.165, 1.54) is 44.5 Å². The Balaban J connectivity index is 0.000000420. The van der Waals surface area contributed by atoms with Gasteiger partial charge in [-0.25, -0.2) is 32.6 Å². The Hall–Kier alpha value is -5.67. The average molecular weight is 1220 g/mol. The molecule has 0 spiro atoms. The Morgan fingerprint density at radius 3 is 1.56 bits per heavy atom. The molecule has 77 heavy (non-hydrogen) atoms. The third-order valence-corrected chi connectivity index (χ3v) is 12.8. The summed E-state index contributed by atoms with van der Waals surface area (Å²) in [7, 11) is -4.53. The predicted octanol–water partition coefficient (Wildman–Crippen LogP) is 8.29. The molecule has 0 bridgehead atoms. The highest BCUT2D eigenvalue weighted by molar-refractivity contribution is 7.93. The number of nitrogens with one attached hydrogen (secondary N) is 3. The van der Waals surface area contributed by atoms with Crippen molar-refractivity contribution >= 4 is 95.7 Å². The van der Waals surface area contributed by atoms with Crippen LogP contribution in [0.4, 0.5) is 37.7 Å². The number of hydrazine groups is 1. The number of sulfonamides is 2. The van der Waals surface area contributed by atoms with Gasteiger partial charge in [-0.05, 0) is 76.2 Å². The first-order valence-electron chi connectivity index (χ1n) is 21.5. The third kappa shape index (κ3) is 21.2. The number of pyridine rings is 2. The first-order valence-corrected chi connectivity index (χ1v) is 25.9. The number of nitrogens with two attached hydrogens (primary N) is 2. The molecular formula is C43H50Cl4F6N10O12S2. The molecule has 2 aromatic carbocycles. The van der Waals surface area contributed by atoms with Crippen molar-refractivity contribution in [3.05, 3.63) is 104 Å². The smallest absolute Gasteiger partial charge is 0.417 e. The van der Waals surface area contributed by atoms with Crippen LogP contribution in [0.2, 0.25) is 20.1 Å². The highest BCUT2D eigenvalue weighted by Crippen LogP contribution is 2.38. The fraction of sp³-hybridized carbons (Fsp3) is 0.372. The number of hydrogen-bond donors (Lipinski definition) is 5. The second-order valence-electron chi connectivity index (χ2n) is 15.0. The SMILES string of the molecule is CCOC(=O)CC(C)N.CCOC(=O)CC(C)n1cnnc1-c1ncc(Cl)cc1NS(=O)(=O)c1ccc(Cl)c(C(F)(F)F)c1.COC(OC)OC.NNC(=O)c1ncc(Cl)cc1NS(=O)(=O)c1ccc(Cl)c(C(F)(F)F)c1. The van der Waals surface area contributed by atoms with E-state index < -0.39 is 93.5 Å². The van der Waals surface area contributed by atoms with E-state index >= 15 is 0 Å². The van der Waals surface area contributed by atoms with E-state index in [0.29, 0.717) is 25.2 Å². The fourth-order valence-corrected chi connectivity index (χ4v) is 8.64. The number of nitrogens with zero attached hydrogens (tertiary/aromatic N) is 5. The van der Waals surface area contributed by atoms with Crippen molar-refractivity contribution in [2.45, 2.75) is 81.2 Å². The molecule has 0 saturated carbocycles. The number of carbonyl (C=O) groups is 3. The first-order chi connectivity index (χ1) is 35.8. The molecule has 34 heteroatoms. The molecule has 0 aliphatic heterocycles. The highest BCUT2D eigenvalue weighted by Gasteiger charge is 2.36. The lowest BCUT2D eigenvalue weighted by Crippen LogP contribution is -2.31. The number of ether oxygens (including phenoxy) is 5. The number of methoxy groups -OCH3 is 3. The maximum Gasteiger partial charge on any atom is 0.417 e. The van der Waals surface area contributed by atoms with Crippen molar-refractivity contribution in [2.75, 3.05) is 44.0 Å². The van der Waals surface area contributed by atoms with E-state index in [1.54, 1.807) is 33.1 Å². The quantitative estimate of drug-likeness (QED) is 0.0138. The number of amides is 1. The lowest BCUT2D eigenvalue weighted by Gasteiger charge is -2.17. The van der Waals surface area contributed by atoms with Crippen LogP contribution in [-0.2, 0) is 65.7 Å². The third-order valence-electron chi connectivity index (χ3n) is 9.05. The lowest BCUT2D eigenvalue weighted by atomic mass is 10.2. The van der Waals surface area contributed by atoms with Crippen LogP contribution in [0.3, 0.4) is 0 Å². The summed E-state index contributed by atoms with van der Waals surface area (Å²) in [5, 5.41) is 6.49. The van der Waals surface area contributed by atoms with E-state index in [-0.39, 0.29) is 58.0 Å². The minimum atomic E-state index is -4.86. The fourth-order valence-electron chi connectivity index (χ4n) is 5.71. The number of nitrogen functional groups attached to an aromatic ring is 1. The molecule has 2 unspecified atom stereocenters. The van der Waals surface area contributed by atoms with Gasteiger partial charge in [0, 0.05) is 45.8 Å². The zero-order valence-corrected chi connectivity index (χ0v) is 46.0. The number of anilines is 2. The van der Waals surface area contributed by atoms with Crippen molar-refractivity contribution in [2.24, 2.45) is 11.6 Å². The molecule has 3 heterocycles. The van der Waals surface area contributed by atoms with Gasteiger partial charge in [0.2, 0.25) is 0 Å². The Kier molecular flexibility index (Phi) is 26.7. The molecule has 2 atom stereocenters. The van der Waals surface area contributed by atoms with Crippen molar-refractivity contribution in [3.8, 4) is 11.5 Å². The highest BCUT2D eigenvalue weighted by atomic mass is 35.5. The summed E-state index contributed by atoms with van der Waals surface area (Å²) in [4.78, 5) is 40.5. The van der Waals surface area contributed by atoms with Gasteiger partial charge in [-0.2, -0.15) is 26.3 Å². The number of rotatable bonds is 18. The van der Waals surface area contributed by atoms with Crippen LogP contribution in [0.1, 0.15) is 68.2 Å². The maximum atomic E-state index is 13.2. The van der Waals surface area contributed by atoms with Crippen molar-refractivity contribution in [1.82, 2.24) is 30.2 Å². The van der Waals surface area contributed by atoms with Crippen LogP contribution in [0.25, 0.3) is 11.5 Å². The van der Waals surface area contributed by atoms with Crippen LogP contribution in [0.15, 0.2) is 77.0 Å². The average Bonchev–Trinajstić information content (AvgIpc) is 3.82. The standard InChI is InChI=1S/C20H18Cl2F3N5O4S.C13H9Cl2F3N4O3S.C6H13NO2.C4H10O3/c1-3-34-17(31)6-11(2)30-10-27-28-19(30)18-16(7-12(21)9-26-18)29-35(32,33)13-4-5-15(22)14(8-13)20(23,24)25;14-6-3-10(11(20-5-6)12(23)21-19)22-26(24,25)7-1-2-9(15)8(4-7)13(16,17)18;1-3-9-6(8)4-5(2)7;1-5-4(6-2)7-3/h4-5,7-11,29H,3,6H2,1-2H3;1-5,22H,19H2,(H,21,23);5H,3-4,7H2,1-2H3;4H,1-3H3. The van der Waals surface area contributed by atoms with Crippen molar-refractivity contribution in [1.29, 1.82) is 0 Å². The summed E-state index contributed by atoms with van der Waals surface area (Å²) in [6.07, 6.45) is -5.82. The van der Waals surface area contributed by atoms with Gasteiger partial charge < -0.3 is 34.0 Å². The minimum absolute atomic E-state index is 0.0174. The van der Waals surface area contributed by atoms with Gasteiger partial charge in [-0.1, -0.05) is 46.4 Å². The molecule has 5 rings (SSSR count). The Morgan fingerprint density at radius 1 is 0.701 bits per heavy atom. The van der Waals surface area contributed by atoms with E-state index in [9.17, 15) is 57.6 Å². The molecule has 0 aliphatic rings. The van der Waals surface area contributed by atoms with Crippen molar-refractivity contribution < 1.29 is 81.2 Å². The Bertz CT molecular complexity index is 3010. The molecule has 22 nitrogen and oxygen atoms in total. The predicted molar refractivity (Wildman–Crippen MR) is 269 cm³/mol. The second kappa shape index (κ2) is 30.5. The number of halogens is 10. The summed E-state index contributed by atoms with van der Waals surface area (Å²) in [5.41, 5.74) is 3.46. The number of alkyl halides is 6. The first kappa shape index (κ1) is 67.4. The number of benzene rings is 2. The number of aromatic nitrogens is 5. The summed E-state index contributed by atoms with van der Waals surface area (Å²) >= 11 is 22.8. The van der Waals surface area contributed by atoms with E-state index in [1.807, 2.05) is 4.72 Å². The Morgan fingerprint density at radius 2 is 1.14 bits per heavy atom. The van der Waals surface area contributed by atoms with Crippen LogP contribution in [-0.4, -0.2) is 106 Å². The van der Waals surface area contributed by atoms with Crippen LogP contribution in [0, 0.1) is 0 Å². The van der Waals surface area contributed by atoms with Gasteiger partial charge in [0.1, 0.15) is 12.0 Å². The minimum Gasteiger partial charge on any atom is -0.466 e. The maximum absolute atomic E-state index is 13.2. The van der Waals surface area contributed by atoms with Gasteiger partial charge in [0.05, 0.1) is 78.4 Å². The van der Waals surface area contributed by atoms with Gasteiger partial charge in [0.15, 0.2) is 11.5 Å². The summed E-state index contributed by atoms with van der Waals surface area (Å²) < 4.78 is 158. The molecule has 7 N–H and O–H groups in total. The monoisotopic (exact) mass is 1220 g/mol.